The Kier molecular flexibility index (Phi) is 3.68. The van der Waals surface area contributed by atoms with Crippen LogP contribution in [-0.2, 0) is 14.3 Å². The van der Waals surface area contributed by atoms with Crippen LogP contribution in [0.25, 0.3) is 0 Å². The second-order valence-corrected chi connectivity index (χ2v) is 3.27. The number of ether oxygens (including phenoxy) is 1. The molecule has 1 aliphatic carbocycles. The van der Waals surface area contributed by atoms with Crippen molar-refractivity contribution in [2.45, 2.75) is 26.2 Å². The highest BCUT2D eigenvalue weighted by Gasteiger charge is 2.29. The van der Waals surface area contributed by atoms with Crippen molar-refractivity contribution in [2.24, 2.45) is 5.92 Å². The van der Waals surface area contributed by atoms with Gasteiger partial charge in [0.15, 0.2) is 5.78 Å². The largest absolute Gasteiger partial charge is 0.515 e. The molecular weight excluding hydrogens is 184 g/mol. The lowest BCUT2D eigenvalue weighted by Crippen LogP contribution is -2.25. The topological polar surface area (TPSA) is 63.6 Å². The summed E-state index contributed by atoms with van der Waals surface area (Å²) in [5.41, 5.74) is 0.328. The highest BCUT2D eigenvalue weighted by Crippen LogP contribution is 2.26. The summed E-state index contributed by atoms with van der Waals surface area (Å²) < 4.78 is 4.85. The number of hydrogen-bond acceptors (Lipinski definition) is 4. The Balaban J connectivity index is 2.59. The summed E-state index contributed by atoms with van der Waals surface area (Å²) in [4.78, 5) is 22.5. The number of hydrogen-bond donors (Lipinski definition) is 1. The predicted molar refractivity (Wildman–Crippen MR) is 49.7 cm³/mol. The van der Waals surface area contributed by atoms with E-state index in [1.54, 1.807) is 6.92 Å². The summed E-state index contributed by atoms with van der Waals surface area (Å²) >= 11 is 0. The first-order valence-corrected chi connectivity index (χ1v) is 4.72. The number of aliphatic hydroxyl groups excluding tert-OH is 1. The van der Waals surface area contributed by atoms with E-state index in [-0.39, 0.29) is 17.7 Å². The van der Waals surface area contributed by atoms with E-state index < -0.39 is 0 Å². The normalized spacial score (nSPS) is 25.1. The fourth-order valence-electron chi connectivity index (χ4n) is 1.53. The number of allylic oxidation sites excluding steroid dienone is 1. The Morgan fingerprint density at radius 2 is 2.43 bits per heavy atom. The average Bonchev–Trinajstić information content (AvgIpc) is 2.19. The van der Waals surface area contributed by atoms with Gasteiger partial charge in [-0.15, -0.1) is 0 Å². The van der Waals surface area contributed by atoms with Gasteiger partial charge in [-0.2, -0.15) is 0 Å². The molecule has 1 rings (SSSR count). The van der Waals surface area contributed by atoms with Crippen LogP contribution in [0.15, 0.2) is 11.8 Å². The fourth-order valence-corrected chi connectivity index (χ4v) is 1.53. The molecule has 1 aliphatic rings. The first-order chi connectivity index (χ1) is 6.69. The van der Waals surface area contributed by atoms with E-state index in [2.05, 4.69) is 0 Å². The molecule has 0 aromatic carbocycles. The van der Waals surface area contributed by atoms with Crippen molar-refractivity contribution < 1.29 is 19.4 Å². The van der Waals surface area contributed by atoms with Gasteiger partial charge in [-0.05, 0) is 19.8 Å². The Morgan fingerprint density at radius 3 is 3.00 bits per heavy atom. The maximum Gasteiger partial charge on any atom is 0.309 e. The summed E-state index contributed by atoms with van der Waals surface area (Å²) in [6.45, 7) is 2.09. The molecule has 4 heteroatoms. The minimum absolute atomic E-state index is 0.0759. The molecule has 1 N–H and O–H groups in total. The lowest BCUT2D eigenvalue weighted by Gasteiger charge is -2.20. The van der Waals surface area contributed by atoms with E-state index in [9.17, 15) is 9.59 Å². The zero-order valence-corrected chi connectivity index (χ0v) is 8.16. The number of carbonyl (C=O) groups excluding carboxylic acids is 2. The number of carbonyl (C=O) groups is 2. The van der Waals surface area contributed by atoms with E-state index in [4.69, 9.17) is 9.84 Å². The quantitative estimate of drug-likeness (QED) is 0.413. The summed E-state index contributed by atoms with van der Waals surface area (Å²) in [5.74, 6) is -0.626. The first-order valence-electron chi connectivity index (χ1n) is 4.72. The second-order valence-electron chi connectivity index (χ2n) is 3.27. The Morgan fingerprint density at radius 1 is 1.71 bits per heavy atom. The van der Waals surface area contributed by atoms with Crippen LogP contribution in [0.5, 0.6) is 0 Å². The van der Waals surface area contributed by atoms with Crippen LogP contribution in [0.2, 0.25) is 0 Å². The maximum absolute atomic E-state index is 11.3. The van der Waals surface area contributed by atoms with Crippen LogP contribution >= 0.6 is 0 Å². The van der Waals surface area contributed by atoms with Gasteiger partial charge < -0.3 is 9.84 Å². The number of rotatable bonds is 2. The first kappa shape index (κ1) is 10.8. The SMILES string of the molecule is CCOC(=O)C1CCC(=O)/C(=C\O)C1. The van der Waals surface area contributed by atoms with Crippen molar-refractivity contribution in [3.8, 4) is 0 Å². The molecule has 0 aromatic heterocycles. The summed E-state index contributed by atoms with van der Waals surface area (Å²) in [6.07, 6.45) is 1.94. The van der Waals surface area contributed by atoms with Crippen molar-refractivity contribution in [1.29, 1.82) is 0 Å². The van der Waals surface area contributed by atoms with Crippen LogP contribution in [0.3, 0.4) is 0 Å². The summed E-state index contributed by atoms with van der Waals surface area (Å²) in [7, 11) is 0. The molecule has 0 radical (unpaired) electrons. The second kappa shape index (κ2) is 4.79. The molecule has 0 bridgehead atoms. The van der Waals surface area contributed by atoms with Gasteiger partial charge in [-0.3, -0.25) is 9.59 Å². The summed E-state index contributed by atoms with van der Waals surface area (Å²) in [5, 5.41) is 8.76. The molecule has 0 saturated heterocycles. The molecule has 78 valence electrons. The van der Waals surface area contributed by atoms with Gasteiger partial charge >= 0.3 is 5.97 Å². The van der Waals surface area contributed by atoms with Gasteiger partial charge in [0.2, 0.25) is 0 Å². The standard InChI is InChI=1S/C10H14O4/c1-2-14-10(13)7-3-4-9(12)8(5-7)6-11/h6-7,11H,2-5H2,1H3/b8-6-. The Hall–Kier alpha value is -1.32. The van der Waals surface area contributed by atoms with E-state index in [1.165, 1.54) is 0 Å². The van der Waals surface area contributed by atoms with E-state index in [1.807, 2.05) is 0 Å². The monoisotopic (exact) mass is 198 g/mol. The molecular formula is C10H14O4. The highest BCUT2D eigenvalue weighted by atomic mass is 16.5. The van der Waals surface area contributed by atoms with Gasteiger partial charge in [0.25, 0.3) is 0 Å². The van der Waals surface area contributed by atoms with Crippen LogP contribution in [-0.4, -0.2) is 23.5 Å². The third kappa shape index (κ3) is 2.34. The van der Waals surface area contributed by atoms with Crippen LogP contribution in [0.4, 0.5) is 0 Å². The van der Waals surface area contributed by atoms with E-state index >= 15 is 0 Å². The van der Waals surface area contributed by atoms with Gasteiger partial charge in [-0.25, -0.2) is 0 Å². The molecule has 1 unspecified atom stereocenters. The molecule has 14 heavy (non-hydrogen) atoms. The van der Waals surface area contributed by atoms with Gasteiger partial charge in [0.05, 0.1) is 18.8 Å². The predicted octanol–water partition coefficient (Wildman–Crippen LogP) is 1.36. The Bertz CT molecular complexity index is 267. The maximum atomic E-state index is 11.3. The number of Topliss-reactive ketones (excluding diaryl/α,β-unsaturated/α-hetero) is 1. The molecule has 4 nitrogen and oxygen atoms in total. The average molecular weight is 198 g/mol. The minimum atomic E-state index is -0.278. The van der Waals surface area contributed by atoms with Crippen molar-refractivity contribution >= 4 is 11.8 Å². The fraction of sp³-hybridized carbons (Fsp3) is 0.600. The lowest BCUT2D eigenvalue weighted by molar-refractivity contribution is -0.148. The van der Waals surface area contributed by atoms with Gasteiger partial charge in [0.1, 0.15) is 0 Å². The van der Waals surface area contributed by atoms with Crippen LogP contribution in [0.1, 0.15) is 26.2 Å². The van der Waals surface area contributed by atoms with Crippen LogP contribution in [0, 0.1) is 5.92 Å². The molecule has 0 spiro atoms. The van der Waals surface area contributed by atoms with Crippen LogP contribution < -0.4 is 0 Å². The zero-order chi connectivity index (χ0) is 10.6. The van der Waals surface area contributed by atoms with Crippen molar-refractivity contribution in [3.05, 3.63) is 11.8 Å². The molecule has 1 atom stereocenters. The lowest BCUT2D eigenvalue weighted by atomic mass is 9.85. The molecule has 1 saturated carbocycles. The summed E-state index contributed by atoms with van der Waals surface area (Å²) in [6, 6.07) is 0. The van der Waals surface area contributed by atoms with Crippen molar-refractivity contribution in [1.82, 2.24) is 0 Å². The minimum Gasteiger partial charge on any atom is -0.515 e. The third-order valence-electron chi connectivity index (χ3n) is 2.32. The molecule has 1 fully saturated rings. The zero-order valence-electron chi connectivity index (χ0n) is 8.16. The molecule has 0 amide bonds. The third-order valence-corrected chi connectivity index (χ3v) is 2.32. The number of ketones is 1. The number of esters is 1. The van der Waals surface area contributed by atoms with E-state index in [0.717, 1.165) is 6.26 Å². The Labute approximate surface area is 82.6 Å². The molecule has 0 heterocycles. The molecule has 0 aromatic rings. The molecule has 0 aliphatic heterocycles. The number of aliphatic hydroxyl groups is 1. The van der Waals surface area contributed by atoms with Gasteiger partial charge in [0, 0.05) is 12.0 Å². The van der Waals surface area contributed by atoms with E-state index in [0.29, 0.717) is 31.4 Å². The highest BCUT2D eigenvalue weighted by molar-refractivity contribution is 5.97. The van der Waals surface area contributed by atoms with Crippen molar-refractivity contribution in [3.63, 3.8) is 0 Å². The van der Waals surface area contributed by atoms with Gasteiger partial charge in [-0.1, -0.05) is 0 Å². The van der Waals surface area contributed by atoms with Crippen molar-refractivity contribution in [2.75, 3.05) is 6.61 Å². The smallest absolute Gasteiger partial charge is 0.309 e.